The van der Waals surface area contributed by atoms with Gasteiger partial charge in [-0.1, -0.05) is 5.92 Å². The summed E-state index contributed by atoms with van der Waals surface area (Å²) < 4.78 is 24.7. The number of aliphatic carboxylic acids is 1. The third-order valence-electron chi connectivity index (χ3n) is 1.85. The quantitative estimate of drug-likeness (QED) is 0.735. The molecule has 0 bridgehead atoms. The molecule has 7 heteroatoms. The number of nitrogens with zero attached hydrogens (tertiary/aromatic N) is 2. The molecule has 0 spiro atoms. The molecule has 0 atom stereocenters. The van der Waals surface area contributed by atoms with Gasteiger partial charge in [0.1, 0.15) is 11.4 Å². The van der Waals surface area contributed by atoms with E-state index in [1.54, 1.807) is 0 Å². The Hall–Kier alpha value is -1.91. The van der Waals surface area contributed by atoms with E-state index >= 15 is 0 Å². The van der Waals surface area contributed by atoms with Gasteiger partial charge in [-0.15, -0.1) is 6.42 Å². The van der Waals surface area contributed by atoms with E-state index in [-0.39, 0.29) is 11.4 Å². The van der Waals surface area contributed by atoms with Gasteiger partial charge in [-0.3, -0.25) is 9.78 Å². The van der Waals surface area contributed by atoms with Crippen molar-refractivity contribution in [3.63, 3.8) is 0 Å². The summed E-state index contributed by atoms with van der Waals surface area (Å²) in [7, 11) is -3.91. The summed E-state index contributed by atoms with van der Waals surface area (Å²) in [5.41, 5.74) is 0. The van der Waals surface area contributed by atoms with Gasteiger partial charge < -0.3 is 5.11 Å². The van der Waals surface area contributed by atoms with Crippen molar-refractivity contribution in [1.82, 2.24) is 9.29 Å². The largest absolute Gasteiger partial charge is 0.480 e. The van der Waals surface area contributed by atoms with Gasteiger partial charge in [-0.05, 0) is 12.1 Å². The second-order valence-electron chi connectivity index (χ2n) is 3.06. The summed E-state index contributed by atoms with van der Waals surface area (Å²) in [5.74, 6) is 0.841. The fourth-order valence-electron chi connectivity index (χ4n) is 1.13. The summed E-state index contributed by atoms with van der Waals surface area (Å²) in [5, 5.41) is 8.63. The number of hydrogen-bond donors (Lipinski definition) is 1. The molecule has 0 fully saturated rings. The lowest BCUT2D eigenvalue weighted by Gasteiger charge is -2.17. The molecule has 1 aromatic heterocycles. The Morgan fingerprint density at radius 1 is 1.59 bits per heavy atom. The zero-order valence-electron chi connectivity index (χ0n) is 8.78. The number of pyridine rings is 1. The van der Waals surface area contributed by atoms with Crippen LogP contribution in [0.3, 0.4) is 0 Å². The van der Waals surface area contributed by atoms with Crippen molar-refractivity contribution in [2.75, 3.05) is 13.1 Å². The molecular formula is C10H10N2O4S. The number of carboxylic acid groups (broad SMARTS) is 1. The van der Waals surface area contributed by atoms with E-state index in [2.05, 4.69) is 10.9 Å². The molecule has 6 nitrogen and oxygen atoms in total. The molecule has 0 aliphatic rings. The summed E-state index contributed by atoms with van der Waals surface area (Å²) >= 11 is 0. The van der Waals surface area contributed by atoms with Gasteiger partial charge in [0, 0.05) is 12.4 Å². The normalized spacial score (nSPS) is 11.1. The van der Waals surface area contributed by atoms with Crippen LogP contribution in [0.1, 0.15) is 0 Å². The minimum atomic E-state index is -3.91. The highest BCUT2D eigenvalue weighted by Gasteiger charge is 2.25. The van der Waals surface area contributed by atoms with Crippen LogP contribution in [-0.2, 0) is 14.8 Å². The molecule has 0 saturated heterocycles. The van der Waals surface area contributed by atoms with Gasteiger partial charge in [0.15, 0.2) is 0 Å². The van der Waals surface area contributed by atoms with Gasteiger partial charge in [0.05, 0.1) is 6.54 Å². The molecule has 90 valence electrons. The number of carboxylic acids is 1. The molecule has 0 amide bonds. The van der Waals surface area contributed by atoms with Crippen molar-refractivity contribution >= 4 is 16.0 Å². The standard InChI is InChI=1S/C10H10N2O4S/c1-2-6-12(8-10(13)14)17(15,16)9-4-3-5-11-7-9/h1,3-5,7H,6,8H2,(H,13,14). The number of hydrogen-bond acceptors (Lipinski definition) is 4. The van der Waals surface area contributed by atoms with E-state index in [1.807, 2.05) is 0 Å². The van der Waals surface area contributed by atoms with Crippen molar-refractivity contribution in [3.8, 4) is 12.3 Å². The van der Waals surface area contributed by atoms with Crippen molar-refractivity contribution in [3.05, 3.63) is 24.5 Å². The van der Waals surface area contributed by atoms with Crippen molar-refractivity contribution in [2.45, 2.75) is 4.90 Å². The van der Waals surface area contributed by atoms with Crippen LogP contribution in [0.15, 0.2) is 29.4 Å². The molecule has 1 rings (SSSR count). The molecule has 0 radical (unpaired) electrons. The minimum absolute atomic E-state index is 0.0866. The Bertz CT molecular complexity index is 533. The predicted molar refractivity (Wildman–Crippen MR) is 59.5 cm³/mol. The van der Waals surface area contributed by atoms with Gasteiger partial charge in [-0.25, -0.2) is 8.42 Å². The molecule has 0 unspecified atom stereocenters. The van der Waals surface area contributed by atoms with Crippen LogP contribution >= 0.6 is 0 Å². The molecule has 0 aliphatic carbocycles. The topological polar surface area (TPSA) is 87.6 Å². The highest BCUT2D eigenvalue weighted by Crippen LogP contribution is 2.13. The Morgan fingerprint density at radius 3 is 2.76 bits per heavy atom. The minimum Gasteiger partial charge on any atom is -0.480 e. The van der Waals surface area contributed by atoms with Crippen LogP contribution in [0.2, 0.25) is 0 Å². The Kier molecular flexibility index (Phi) is 4.20. The number of sulfonamides is 1. The first kappa shape index (κ1) is 13.2. The van der Waals surface area contributed by atoms with E-state index in [4.69, 9.17) is 11.5 Å². The third kappa shape index (κ3) is 3.27. The van der Waals surface area contributed by atoms with Crippen LogP contribution in [0.5, 0.6) is 0 Å². The fraction of sp³-hybridized carbons (Fsp3) is 0.200. The molecule has 0 aromatic carbocycles. The number of aromatic nitrogens is 1. The molecular weight excluding hydrogens is 244 g/mol. The first-order valence-corrected chi connectivity index (χ1v) is 5.98. The van der Waals surface area contributed by atoms with E-state index in [9.17, 15) is 13.2 Å². The van der Waals surface area contributed by atoms with Gasteiger partial charge in [0.25, 0.3) is 0 Å². The molecule has 0 aliphatic heterocycles. The molecule has 1 N–H and O–H groups in total. The number of carbonyl (C=O) groups is 1. The second-order valence-corrected chi connectivity index (χ2v) is 5.00. The Balaban J connectivity index is 3.10. The maximum atomic E-state index is 12.0. The lowest BCUT2D eigenvalue weighted by Crippen LogP contribution is -2.36. The predicted octanol–water partition coefficient (Wildman–Crippen LogP) is -0.210. The first-order valence-electron chi connectivity index (χ1n) is 4.54. The maximum absolute atomic E-state index is 12.0. The summed E-state index contributed by atoms with van der Waals surface area (Å²) in [6, 6.07) is 2.77. The van der Waals surface area contributed by atoms with E-state index in [0.29, 0.717) is 4.31 Å². The smallest absolute Gasteiger partial charge is 0.318 e. The summed E-state index contributed by atoms with van der Waals surface area (Å²) in [4.78, 5) is 14.2. The monoisotopic (exact) mass is 254 g/mol. The first-order chi connectivity index (χ1) is 7.98. The zero-order valence-corrected chi connectivity index (χ0v) is 9.59. The Morgan fingerprint density at radius 2 is 2.29 bits per heavy atom. The van der Waals surface area contributed by atoms with Crippen LogP contribution < -0.4 is 0 Å². The lowest BCUT2D eigenvalue weighted by atomic mass is 10.5. The molecule has 1 heterocycles. The van der Waals surface area contributed by atoms with Crippen LogP contribution in [-0.4, -0.2) is 41.9 Å². The Labute approximate surface area is 99.0 Å². The average molecular weight is 254 g/mol. The maximum Gasteiger partial charge on any atom is 0.318 e. The highest BCUT2D eigenvalue weighted by atomic mass is 32.2. The van der Waals surface area contributed by atoms with Crippen LogP contribution in [0.25, 0.3) is 0 Å². The zero-order chi connectivity index (χ0) is 12.9. The molecule has 17 heavy (non-hydrogen) atoms. The van der Waals surface area contributed by atoms with E-state index in [0.717, 1.165) is 6.20 Å². The highest BCUT2D eigenvalue weighted by molar-refractivity contribution is 7.89. The van der Waals surface area contributed by atoms with Crippen LogP contribution in [0.4, 0.5) is 0 Å². The van der Waals surface area contributed by atoms with Crippen molar-refractivity contribution < 1.29 is 18.3 Å². The fourth-order valence-corrected chi connectivity index (χ4v) is 2.39. The average Bonchev–Trinajstić information content (AvgIpc) is 2.29. The van der Waals surface area contributed by atoms with Crippen molar-refractivity contribution in [1.29, 1.82) is 0 Å². The number of terminal acetylenes is 1. The van der Waals surface area contributed by atoms with E-state index in [1.165, 1.54) is 18.3 Å². The lowest BCUT2D eigenvalue weighted by molar-refractivity contribution is -0.137. The van der Waals surface area contributed by atoms with Crippen LogP contribution in [0, 0.1) is 12.3 Å². The second kappa shape index (κ2) is 5.43. The number of rotatable bonds is 5. The summed E-state index contributed by atoms with van der Waals surface area (Å²) in [6.45, 7) is -0.981. The van der Waals surface area contributed by atoms with E-state index < -0.39 is 22.5 Å². The van der Waals surface area contributed by atoms with Gasteiger partial charge in [-0.2, -0.15) is 4.31 Å². The molecule has 1 aromatic rings. The third-order valence-corrected chi connectivity index (χ3v) is 3.63. The van der Waals surface area contributed by atoms with Gasteiger partial charge >= 0.3 is 5.97 Å². The SMILES string of the molecule is C#CCN(CC(=O)O)S(=O)(=O)c1cccnc1. The molecule has 0 saturated carbocycles. The van der Waals surface area contributed by atoms with Crippen molar-refractivity contribution in [2.24, 2.45) is 0 Å². The summed E-state index contributed by atoms with van der Waals surface area (Å²) in [6.07, 6.45) is 7.57. The van der Waals surface area contributed by atoms with Gasteiger partial charge in [0.2, 0.25) is 10.0 Å².